The fourth-order valence-corrected chi connectivity index (χ4v) is 2.95. The zero-order valence-corrected chi connectivity index (χ0v) is 13.0. The minimum absolute atomic E-state index is 0.0448. The van der Waals surface area contributed by atoms with Gasteiger partial charge in [0, 0.05) is 25.3 Å². The monoisotopic (exact) mass is 337 g/mol. The summed E-state index contributed by atoms with van der Waals surface area (Å²) in [6.45, 7) is 1.27. The van der Waals surface area contributed by atoms with Crippen molar-refractivity contribution in [2.45, 2.75) is 24.2 Å². The molecule has 1 aromatic heterocycles. The standard InChI is InChI=1S/C14H15N3O5S/c18-13(15-7-10-2-1-5-21-10)8-23-14-16-11-6-9(17(19)20)3-4-12(11)22-14/h3-4,6,10H,1-2,5,7-8H2,(H,15,18). The van der Waals surface area contributed by atoms with E-state index in [-0.39, 0.29) is 23.5 Å². The van der Waals surface area contributed by atoms with Gasteiger partial charge in [0.1, 0.15) is 5.52 Å². The van der Waals surface area contributed by atoms with Gasteiger partial charge in [-0.05, 0) is 18.9 Å². The fourth-order valence-electron chi connectivity index (χ4n) is 2.28. The van der Waals surface area contributed by atoms with Crippen LogP contribution in [0.15, 0.2) is 27.8 Å². The third-order valence-electron chi connectivity index (χ3n) is 3.44. The molecule has 1 aromatic carbocycles. The third kappa shape index (κ3) is 3.99. The number of rotatable bonds is 6. The van der Waals surface area contributed by atoms with Crippen LogP contribution in [0.4, 0.5) is 5.69 Å². The van der Waals surface area contributed by atoms with Crippen molar-refractivity contribution in [3.63, 3.8) is 0 Å². The Kier molecular flexibility index (Phi) is 4.77. The lowest BCUT2D eigenvalue weighted by molar-refractivity contribution is -0.384. The number of nitrogens with zero attached hydrogens (tertiary/aromatic N) is 2. The van der Waals surface area contributed by atoms with E-state index in [1.54, 1.807) is 0 Å². The van der Waals surface area contributed by atoms with Crippen molar-refractivity contribution in [3.8, 4) is 0 Å². The number of nitro groups is 1. The molecule has 1 saturated heterocycles. The molecule has 2 aromatic rings. The molecule has 1 atom stereocenters. The van der Waals surface area contributed by atoms with Crippen LogP contribution in [0.25, 0.3) is 11.1 Å². The van der Waals surface area contributed by atoms with Crippen molar-refractivity contribution >= 4 is 34.5 Å². The van der Waals surface area contributed by atoms with Gasteiger partial charge in [0.05, 0.1) is 16.8 Å². The lowest BCUT2D eigenvalue weighted by Gasteiger charge is -2.09. The number of nitrogens with one attached hydrogen (secondary N) is 1. The zero-order valence-electron chi connectivity index (χ0n) is 12.2. The summed E-state index contributed by atoms with van der Waals surface area (Å²) in [7, 11) is 0. The highest BCUT2D eigenvalue weighted by Gasteiger charge is 2.17. The molecule has 3 rings (SSSR count). The molecule has 0 saturated carbocycles. The highest BCUT2D eigenvalue weighted by atomic mass is 32.2. The molecule has 8 nitrogen and oxygen atoms in total. The van der Waals surface area contributed by atoms with Crippen LogP contribution in [0.3, 0.4) is 0 Å². The van der Waals surface area contributed by atoms with E-state index in [0.717, 1.165) is 31.2 Å². The molecule has 122 valence electrons. The molecule has 1 aliphatic rings. The van der Waals surface area contributed by atoms with Crippen molar-refractivity contribution in [1.82, 2.24) is 10.3 Å². The first kappa shape index (κ1) is 15.8. The molecule has 1 amide bonds. The Labute approximate surface area is 135 Å². The minimum Gasteiger partial charge on any atom is -0.431 e. The lowest BCUT2D eigenvalue weighted by Crippen LogP contribution is -2.32. The smallest absolute Gasteiger partial charge is 0.271 e. The number of ether oxygens (including phenoxy) is 1. The molecule has 9 heteroatoms. The van der Waals surface area contributed by atoms with Crippen LogP contribution in [0, 0.1) is 10.1 Å². The molecule has 1 N–H and O–H groups in total. The average molecular weight is 337 g/mol. The number of hydrogen-bond donors (Lipinski definition) is 1. The van der Waals surface area contributed by atoms with Crippen LogP contribution < -0.4 is 5.32 Å². The number of benzene rings is 1. The summed E-state index contributed by atoms with van der Waals surface area (Å²) >= 11 is 1.15. The second-order valence-corrected chi connectivity index (χ2v) is 6.04. The molecule has 1 fully saturated rings. The summed E-state index contributed by atoms with van der Waals surface area (Å²) in [5.41, 5.74) is 0.816. The number of aromatic nitrogens is 1. The normalized spacial score (nSPS) is 17.5. The van der Waals surface area contributed by atoms with Gasteiger partial charge < -0.3 is 14.5 Å². The molecule has 0 spiro atoms. The summed E-state index contributed by atoms with van der Waals surface area (Å²) in [4.78, 5) is 26.2. The zero-order chi connectivity index (χ0) is 16.2. The fraction of sp³-hybridized carbons (Fsp3) is 0.429. The number of carbonyl (C=O) groups is 1. The van der Waals surface area contributed by atoms with Crippen molar-refractivity contribution in [2.24, 2.45) is 0 Å². The second kappa shape index (κ2) is 6.97. The molecule has 0 radical (unpaired) electrons. The summed E-state index contributed by atoms with van der Waals surface area (Å²) < 4.78 is 10.9. The van der Waals surface area contributed by atoms with Gasteiger partial charge in [-0.15, -0.1) is 0 Å². The quantitative estimate of drug-likeness (QED) is 0.488. The Morgan fingerprint density at radius 2 is 2.39 bits per heavy atom. The number of nitro benzene ring substituents is 1. The maximum absolute atomic E-state index is 11.8. The van der Waals surface area contributed by atoms with Gasteiger partial charge in [-0.2, -0.15) is 0 Å². The van der Waals surface area contributed by atoms with E-state index in [2.05, 4.69) is 10.3 Å². The van der Waals surface area contributed by atoms with Crippen LogP contribution in [0.5, 0.6) is 0 Å². The number of amides is 1. The molecule has 2 heterocycles. The SMILES string of the molecule is O=C(CSc1nc2cc([N+](=O)[O-])ccc2o1)NCC1CCCO1. The summed E-state index contributed by atoms with van der Waals surface area (Å²) in [5.74, 6) is 0.0421. The number of thioether (sulfide) groups is 1. The minimum atomic E-state index is -0.487. The summed E-state index contributed by atoms with van der Waals surface area (Å²) in [5, 5.41) is 13.8. The van der Waals surface area contributed by atoms with Gasteiger partial charge in [0.15, 0.2) is 5.58 Å². The number of oxazole rings is 1. The number of carbonyl (C=O) groups excluding carboxylic acids is 1. The predicted molar refractivity (Wildman–Crippen MR) is 83.4 cm³/mol. The molecule has 23 heavy (non-hydrogen) atoms. The highest BCUT2D eigenvalue weighted by molar-refractivity contribution is 7.99. The molecular formula is C14H15N3O5S. The van der Waals surface area contributed by atoms with E-state index in [9.17, 15) is 14.9 Å². The Morgan fingerprint density at radius 3 is 3.13 bits per heavy atom. The summed E-state index contributed by atoms with van der Waals surface area (Å²) in [6.07, 6.45) is 2.11. The lowest BCUT2D eigenvalue weighted by atomic mass is 10.2. The molecule has 0 aliphatic carbocycles. The van der Waals surface area contributed by atoms with Crippen LogP contribution in [-0.4, -0.2) is 40.8 Å². The Hall–Kier alpha value is -2.13. The Morgan fingerprint density at radius 1 is 1.52 bits per heavy atom. The van der Waals surface area contributed by atoms with Gasteiger partial charge in [0.2, 0.25) is 5.91 Å². The van der Waals surface area contributed by atoms with E-state index in [4.69, 9.17) is 9.15 Å². The number of non-ortho nitro benzene ring substituents is 1. The number of fused-ring (bicyclic) bond motifs is 1. The first-order valence-corrected chi connectivity index (χ1v) is 8.16. The first-order valence-electron chi connectivity index (χ1n) is 7.18. The molecule has 1 unspecified atom stereocenters. The van der Waals surface area contributed by atoms with Gasteiger partial charge in [-0.25, -0.2) is 4.98 Å². The van der Waals surface area contributed by atoms with Crippen molar-refractivity contribution in [1.29, 1.82) is 0 Å². The topological polar surface area (TPSA) is 108 Å². The van der Waals surface area contributed by atoms with Crippen molar-refractivity contribution in [3.05, 3.63) is 28.3 Å². The van der Waals surface area contributed by atoms with Crippen LogP contribution in [0.2, 0.25) is 0 Å². The van der Waals surface area contributed by atoms with E-state index in [0.29, 0.717) is 22.9 Å². The molecular weight excluding hydrogens is 322 g/mol. The molecule has 0 bridgehead atoms. The Bertz CT molecular complexity index is 726. The van der Waals surface area contributed by atoms with Crippen LogP contribution >= 0.6 is 11.8 Å². The molecule has 1 aliphatic heterocycles. The van der Waals surface area contributed by atoms with Gasteiger partial charge in [-0.1, -0.05) is 11.8 Å². The van der Waals surface area contributed by atoms with Crippen LogP contribution in [-0.2, 0) is 9.53 Å². The Balaban J connectivity index is 1.54. The van der Waals surface area contributed by atoms with E-state index in [1.165, 1.54) is 18.2 Å². The van der Waals surface area contributed by atoms with Gasteiger partial charge >= 0.3 is 0 Å². The average Bonchev–Trinajstić information content (AvgIpc) is 3.18. The van der Waals surface area contributed by atoms with E-state index in [1.807, 2.05) is 0 Å². The van der Waals surface area contributed by atoms with Gasteiger partial charge in [-0.3, -0.25) is 14.9 Å². The summed E-state index contributed by atoms with van der Waals surface area (Å²) in [6, 6.07) is 4.21. The number of hydrogen-bond acceptors (Lipinski definition) is 7. The second-order valence-electron chi connectivity index (χ2n) is 5.12. The van der Waals surface area contributed by atoms with Crippen LogP contribution in [0.1, 0.15) is 12.8 Å². The third-order valence-corrected chi connectivity index (χ3v) is 4.27. The first-order chi connectivity index (χ1) is 11.1. The van der Waals surface area contributed by atoms with E-state index >= 15 is 0 Å². The maximum atomic E-state index is 11.8. The van der Waals surface area contributed by atoms with E-state index < -0.39 is 4.92 Å². The predicted octanol–water partition coefficient (Wildman–Crippen LogP) is 2.12. The highest BCUT2D eigenvalue weighted by Crippen LogP contribution is 2.26. The maximum Gasteiger partial charge on any atom is 0.271 e. The van der Waals surface area contributed by atoms with Crippen molar-refractivity contribution < 1.29 is 18.9 Å². The van der Waals surface area contributed by atoms with Crippen molar-refractivity contribution in [2.75, 3.05) is 18.9 Å². The largest absolute Gasteiger partial charge is 0.431 e. The van der Waals surface area contributed by atoms with Gasteiger partial charge in [0.25, 0.3) is 10.9 Å².